The van der Waals surface area contributed by atoms with Gasteiger partial charge in [0.05, 0.1) is 12.5 Å². The molecule has 1 unspecified atom stereocenters. The van der Waals surface area contributed by atoms with Crippen molar-refractivity contribution < 1.29 is 19.1 Å². The van der Waals surface area contributed by atoms with Gasteiger partial charge >= 0.3 is 0 Å². The number of hydrogen-bond donors (Lipinski definition) is 2. The first-order valence-electron chi connectivity index (χ1n) is 7.98. The van der Waals surface area contributed by atoms with Crippen molar-refractivity contribution in [2.75, 3.05) is 6.61 Å². The van der Waals surface area contributed by atoms with E-state index in [-0.39, 0.29) is 18.2 Å². The van der Waals surface area contributed by atoms with Crippen LogP contribution in [-0.4, -0.2) is 23.8 Å². The fourth-order valence-electron chi connectivity index (χ4n) is 2.80. The predicted octanol–water partition coefficient (Wildman–Crippen LogP) is 3.45. The van der Waals surface area contributed by atoms with Crippen molar-refractivity contribution in [3.63, 3.8) is 0 Å². The van der Waals surface area contributed by atoms with Crippen molar-refractivity contribution in [2.24, 2.45) is 0 Å². The van der Waals surface area contributed by atoms with E-state index in [1.165, 1.54) is 12.1 Å². The monoisotopic (exact) mass is 331 g/mol. The fourth-order valence-corrected chi connectivity index (χ4v) is 2.80. The molecule has 0 bridgehead atoms. The Balaban J connectivity index is 2.31. The molecule has 1 amide bonds. The van der Waals surface area contributed by atoms with Crippen LogP contribution in [0.4, 0.5) is 4.39 Å². The highest BCUT2D eigenvalue weighted by Gasteiger charge is 2.26. The Labute approximate surface area is 141 Å². The van der Waals surface area contributed by atoms with E-state index in [1.807, 2.05) is 37.3 Å². The smallest absolute Gasteiger partial charge is 0.245 e. The largest absolute Gasteiger partial charge is 0.377 e. The summed E-state index contributed by atoms with van der Waals surface area (Å²) in [5.74, 6) is -0.947. The third kappa shape index (κ3) is 5.15. The molecule has 5 heteroatoms. The van der Waals surface area contributed by atoms with Gasteiger partial charge in [-0.1, -0.05) is 42.5 Å². The van der Waals surface area contributed by atoms with Gasteiger partial charge < -0.3 is 4.74 Å². The maximum atomic E-state index is 13.3. The minimum Gasteiger partial charge on any atom is -0.377 e. The zero-order valence-corrected chi connectivity index (χ0v) is 13.6. The molecule has 0 aliphatic heterocycles. The van der Waals surface area contributed by atoms with Crippen LogP contribution < -0.4 is 5.48 Å². The van der Waals surface area contributed by atoms with Gasteiger partial charge in [-0.2, -0.15) is 0 Å². The average Bonchev–Trinajstić information content (AvgIpc) is 2.61. The third-order valence-electron chi connectivity index (χ3n) is 3.94. The second-order valence-electron chi connectivity index (χ2n) is 5.58. The molecule has 0 saturated heterocycles. The molecule has 0 heterocycles. The fraction of sp³-hybridized carbons (Fsp3) is 0.316. The second kappa shape index (κ2) is 9.15. The van der Waals surface area contributed by atoms with Crippen LogP contribution in [0.15, 0.2) is 54.6 Å². The van der Waals surface area contributed by atoms with E-state index in [4.69, 9.17) is 9.94 Å². The quantitative estimate of drug-likeness (QED) is 0.575. The van der Waals surface area contributed by atoms with Gasteiger partial charge in [0.25, 0.3) is 0 Å². The van der Waals surface area contributed by atoms with Crippen LogP contribution in [0.1, 0.15) is 30.4 Å². The summed E-state index contributed by atoms with van der Waals surface area (Å²) >= 11 is 0. The van der Waals surface area contributed by atoms with Crippen molar-refractivity contribution in [1.29, 1.82) is 0 Å². The number of benzene rings is 2. The molecule has 2 aromatic rings. The molecule has 0 saturated carbocycles. The lowest BCUT2D eigenvalue weighted by Crippen LogP contribution is -2.31. The van der Waals surface area contributed by atoms with Crippen molar-refractivity contribution in [2.45, 2.75) is 31.8 Å². The lowest BCUT2D eigenvalue weighted by molar-refractivity contribution is -0.132. The molecule has 4 nitrogen and oxygen atoms in total. The van der Waals surface area contributed by atoms with E-state index in [0.29, 0.717) is 13.0 Å². The summed E-state index contributed by atoms with van der Waals surface area (Å²) in [5.41, 5.74) is 3.65. The number of carbonyl (C=O) groups is 1. The van der Waals surface area contributed by atoms with Crippen molar-refractivity contribution in [1.82, 2.24) is 5.48 Å². The lowest BCUT2D eigenvalue weighted by atomic mass is 9.85. The van der Waals surface area contributed by atoms with E-state index >= 15 is 0 Å². The SMILES string of the molecule is CCOC(CC(=O)NO)[C@H](Cc1ccccc1)c1ccc(F)cc1. The van der Waals surface area contributed by atoms with E-state index in [9.17, 15) is 9.18 Å². The van der Waals surface area contributed by atoms with Crippen LogP contribution in [0.2, 0.25) is 0 Å². The Morgan fingerprint density at radius 1 is 1.17 bits per heavy atom. The number of carbonyl (C=O) groups excluding carboxylic acids is 1. The molecule has 2 atom stereocenters. The van der Waals surface area contributed by atoms with Crippen LogP contribution >= 0.6 is 0 Å². The first-order chi connectivity index (χ1) is 11.6. The summed E-state index contributed by atoms with van der Waals surface area (Å²) in [4.78, 5) is 11.6. The summed E-state index contributed by atoms with van der Waals surface area (Å²) in [6.45, 7) is 2.30. The Morgan fingerprint density at radius 2 is 1.83 bits per heavy atom. The molecule has 0 aromatic heterocycles. The number of nitrogens with one attached hydrogen (secondary N) is 1. The summed E-state index contributed by atoms with van der Waals surface area (Å²) in [5, 5.41) is 8.83. The van der Waals surface area contributed by atoms with E-state index in [0.717, 1.165) is 11.1 Å². The Morgan fingerprint density at radius 3 is 2.42 bits per heavy atom. The summed E-state index contributed by atoms with van der Waals surface area (Å²) in [7, 11) is 0. The highest BCUT2D eigenvalue weighted by molar-refractivity contribution is 5.75. The summed E-state index contributed by atoms with van der Waals surface area (Å²) < 4.78 is 19.0. The summed E-state index contributed by atoms with van der Waals surface area (Å²) in [6.07, 6.45) is 0.252. The number of hydrogen-bond acceptors (Lipinski definition) is 3. The van der Waals surface area contributed by atoms with Crippen LogP contribution in [0.5, 0.6) is 0 Å². The molecule has 0 aliphatic rings. The molecule has 2 aromatic carbocycles. The normalized spacial score (nSPS) is 13.3. The molecule has 0 fully saturated rings. The van der Waals surface area contributed by atoms with E-state index < -0.39 is 12.0 Å². The highest BCUT2D eigenvalue weighted by Crippen LogP contribution is 2.28. The van der Waals surface area contributed by atoms with Crippen molar-refractivity contribution in [3.05, 3.63) is 71.5 Å². The van der Waals surface area contributed by atoms with Gasteiger partial charge in [-0.3, -0.25) is 10.0 Å². The van der Waals surface area contributed by atoms with Crippen molar-refractivity contribution >= 4 is 5.91 Å². The van der Waals surface area contributed by atoms with Gasteiger partial charge in [0, 0.05) is 12.5 Å². The zero-order valence-electron chi connectivity index (χ0n) is 13.6. The lowest BCUT2D eigenvalue weighted by Gasteiger charge is -2.27. The van der Waals surface area contributed by atoms with Crippen LogP contribution in [-0.2, 0) is 16.0 Å². The Kier molecular flexibility index (Phi) is 6.90. The second-order valence-corrected chi connectivity index (χ2v) is 5.58. The van der Waals surface area contributed by atoms with E-state index in [1.54, 1.807) is 17.6 Å². The average molecular weight is 331 g/mol. The third-order valence-corrected chi connectivity index (χ3v) is 3.94. The van der Waals surface area contributed by atoms with Gasteiger partial charge in [-0.15, -0.1) is 0 Å². The number of ether oxygens (including phenoxy) is 1. The minimum atomic E-state index is -0.506. The van der Waals surface area contributed by atoms with Gasteiger partial charge in [0.1, 0.15) is 5.82 Å². The molecule has 24 heavy (non-hydrogen) atoms. The molecular weight excluding hydrogens is 309 g/mol. The molecule has 128 valence electrons. The molecule has 0 aliphatic carbocycles. The van der Waals surface area contributed by atoms with Crippen LogP contribution in [0.25, 0.3) is 0 Å². The maximum absolute atomic E-state index is 13.3. The Hall–Kier alpha value is -2.24. The van der Waals surface area contributed by atoms with Gasteiger partial charge in [0.2, 0.25) is 5.91 Å². The molecule has 2 rings (SSSR count). The Bertz CT molecular complexity index is 631. The predicted molar refractivity (Wildman–Crippen MR) is 89.2 cm³/mol. The number of hydroxylamine groups is 1. The molecule has 2 N–H and O–H groups in total. The van der Waals surface area contributed by atoms with Crippen LogP contribution in [0.3, 0.4) is 0 Å². The molecular formula is C19H22FNO3. The van der Waals surface area contributed by atoms with Gasteiger partial charge in [-0.05, 0) is 36.6 Å². The van der Waals surface area contributed by atoms with Gasteiger partial charge in [-0.25, -0.2) is 9.87 Å². The van der Waals surface area contributed by atoms with Crippen molar-refractivity contribution in [3.8, 4) is 0 Å². The number of halogens is 1. The first-order valence-corrected chi connectivity index (χ1v) is 7.98. The molecule has 0 spiro atoms. The highest BCUT2D eigenvalue weighted by atomic mass is 19.1. The maximum Gasteiger partial charge on any atom is 0.245 e. The first kappa shape index (κ1) is 18.1. The minimum absolute atomic E-state index is 0.0270. The topological polar surface area (TPSA) is 58.6 Å². The van der Waals surface area contributed by atoms with Gasteiger partial charge in [0.15, 0.2) is 0 Å². The summed E-state index contributed by atoms with van der Waals surface area (Å²) in [6, 6.07) is 16.1. The molecule has 0 radical (unpaired) electrons. The standard InChI is InChI=1S/C19H22FNO3/c1-2-24-18(13-19(22)21-23)17(12-14-6-4-3-5-7-14)15-8-10-16(20)11-9-15/h3-11,17-18,23H,2,12-13H2,1H3,(H,21,22)/t17-,18?/m1/s1. The van der Waals surface area contributed by atoms with E-state index in [2.05, 4.69) is 0 Å². The number of amides is 1. The number of rotatable bonds is 8. The van der Waals surface area contributed by atoms with Crippen LogP contribution in [0, 0.1) is 5.82 Å². The zero-order chi connectivity index (χ0) is 17.4.